The molecule has 2 heterocycles. The molecule has 2 aromatic heterocycles. The lowest BCUT2D eigenvalue weighted by Gasteiger charge is -2.13. The standard InChI is InChI=1S/C17H24N2OS/c1-13(2)11-18-12-16-17(7-6-14(3)19-16)20-9-8-15-5-4-10-21-15/h4-7,10,13,18H,8-9,11-12H2,1-3H3. The van der Waals surface area contributed by atoms with Gasteiger partial charge in [0.25, 0.3) is 0 Å². The quantitative estimate of drug-likeness (QED) is 0.805. The number of ether oxygens (including phenoxy) is 1. The van der Waals surface area contributed by atoms with Crippen LogP contribution in [0.4, 0.5) is 0 Å². The molecule has 0 aliphatic rings. The molecule has 0 spiro atoms. The van der Waals surface area contributed by atoms with Gasteiger partial charge in [0.15, 0.2) is 0 Å². The predicted molar refractivity (Wildman–Crippen MR) is 89.0 cm³/mol. The first-order valence-electron chi connectivity index (χ1n) is 7.47. The first kappa shape index (κ1) is 16.0. The van der Waals surface area contributed by atoms with Gasteiger partial charge in [-0.1, -0.05) is 19.9 Å². The SMILES string of the molecule is Cc1ccc(OCCc2cccs2)c(CNCC(C)C)n1. The van der Waals surface area contributed by atoms with Crippen molar-refractivity contribution in [2.24, 2.45) is 5.92 Å². The van der Waals surface area contributed by atoms with Crippen LogP contribution >= 0.6 is 11.3 Å². The van der Waals surface area contributed by atoms with E-state index in [1.54, 1.807) is 11.3 Å². The van der Waals surface area contributed by atoms with Gasteiger partial charge in [0.1, 0.15) is 5.75 Å². The molecule has 21 heavy (non-hydrogen) atoms. The average Bonchev–Trinajstić information content (AvgIpc) is 2.94. The third-order valence-electron chi connectivity index (χ3n) is 3.10. The molecule has 1 N–H and O–H groups in total. The second-order valence-electron chi connectivity index (χ2n) is 5.60. The zero-order valence-corrected chi connectivity index (χ0v) is 13.9. The first-order valence-corrected chi connectivity index (χ1v) is 8.35. The Labute approximate surface area is 131 Å². The van der Waals surface area contributed by atoms with E-state index in [0.29, 0.717) is 12.5 Å². The summed E-state index contributed by atoms with van der Waals surface area (Å²) in [5, 5.41) is 5.53. The van der Waals surface area contributed by atoms with Crippen LogP contribution in [0, 0.1) is 12.8 Å². The van der Waals surface area contributed by atoms with Crippen LogP contribution < -0.4 is 10.1 Å². The lowest BCUT2D eigenvalue weighted by molar-refractivity contribution is 0.316. The molecule has 2 aromatic rings. The third kappa shape index (κ3) is 5.48. The second kappa shape index (κ2) is 8.15. The highest BCUT2D eigenvalue weighted by atomic mass is 32.1. The number of thiophene rings is 1. The number of nitrogens with zero attached hydrogens (tertiary/aromatic N) is 1. The fourth-order valence-electron chi connectivity index (χ4n) is 2.05. The van der Waals surface area contributed by atoms with Crippen molar-refractivity contribution in [3.05, 3.63) is 45.9 Å². The summed E-state index contributed by atoms with van der Waals surface area (Å²) < 4.78 is 5.93. The molecular formula is C17H24N2OS. The Balaban J connectivity index is 1.90. The number of rotatable bonds is 8. The minimum atomic E-state index is 0.637. The van der Waals surface area contributed by atoms with Gasteiger partial charge < -0.3 is 10.1 Å². The third-order valence-corrected chi connectivity index (χ3v) is 4.04. The fraction of sp³-hybridized carbons (Fsp3) is 0.471. The van der Waals surface area contributed by atoms with E-state index in [1.807, 2.05) is 19.1 Å². The number of aromatic nitrogens is 1. The van der Waals surface area contributed by atoms with Gasteiger partial charge in [-0.25, -0.2) is 0 Å². The molecule has 0 radical (unpaired) electrons. The second-order valence-corrected chi connectivity index (χ2v) is 6.63. The maximum atomic E-state index is 5.93. The first-order chi connectivity index (χ1) is 10.1. The van der Waals surface area contributed by atoms with Crippen molar-refractivity contribution in [2.45, 2.75) is 33.7 Å². The summed E-state index contributed by atoms with van der Waals surface area (Å²) in [5.41, 5.74) is 2.03. The van der Waals surface area contributed by atoms with Crippen molar-refractivity contribution < 1.29 is 4.74 Å². The molecule has 0 saturated carbocycles. The Bertz CT molecular complexity index is 538. The van der Waals surface area contributed by atoms with E-state index in [1.165, 1.54) is 4.88 Å². The van der Waals surface area contributed by atoms with E-state index in [9.17, 15) is 0 Å². The Morgan fingerprint density at radius 1 is 1.29 bits per heavy atom. The van der Waals surface area contributed by atoms with Crippen molar-refractivity contribution >= 4 is 11.3 Å². The summed E-state index contributed by atoms with van der Waals surface area (Å²) in [5.74, 6) is 1.53. The van der Waals surface area contributed by atoms with Crippen molar-refractivity contribution in [1.82, 2.24) is 10.3 Å². The van der Waals surface area contributed by atoms with Crippen LogP contribution in [0.5, 0.6) is 5.75 Å². The van der Waals surface area contributed by atoms with E-state index in [-0.39, 0.29) is 0 Å². The largest absolute Gasteiger partial charge is 0.491 e. The summed E-state index contributed by atoms with van der Waals surface area (Å²) in [6.07, 6.45) is 0.949. The van der Waals surface area contributed by atoms with E-state index in [2.05, 4.69) is 41.7 Å². The number of aryl methyl sites for hydroxylation is 1. The van der Waals surface area contributed by atoms with Gasteiger partial charge in [-0.2, -0.15) is 0 Å². The van der Waals surface area contributed by atoms with Crippen LogP contribution in [0.2, 0.25) is 0 Å². The van der Waals surface area contributed by atoms with Gasteiger partial charge in [0, 0.05) is 23.5 Å². The lowest BCUT2D eigenvalue weighted by atomic mass is 10.2. The molecule has 0 bridgehead atoms. The molecule has 0 aliphatic heterocycles. The molecule has 0 amide bonds. The van der Waals surface area contributed by atoms with Crippen LogP contribution in [-0.4, -0.2) is 18.1 Å². The molecule has 0 saturated heterocycles. The number of pyridine rings is 1. The van der Waals surface area contributed by atoms with Gasteiger partial charge in [-0.05, 0) is 43.0 Å². The van der Waals surface area contributed by atoms with Crippen molar-refractivity contribution in [3.63, 3.8) is 0 Å². The molecule has 0 aliphatic carbocycles. The topological polar surface area (TPSA) is 34.1 Å². The molecular weight excluding hydrogens is 280 g/mol. The maximum Gasteiger partial charge on any atom is 0.142 e. The van der Waals surface area contributed by atoms with Gasteiger partial charge >= 0.3 is 0 Å². The van der Waals surface area contributed by atoms with E-state index < -0.39 is 0 Å². The monoisotopic (exact) mass is 304 g/mol. The Morgan fingerprint density at radius 3 is 2.86 bits per heavy atom. The minimum absolute atomic E-state index is 0.637. The fourth-order valence-corrected chi connectivity index (χ4v) is 2.74. The molecule has 0 atom stereocenters. The summed E-state index contributed by atoms with van der Waals surface area (Å²) in [6, 6.07) is 8.26. The van der Waals surface area contributed by atoms with Crippen LogP contribution in [-0.2, 0) is 13.0 Å². The van der Waals surface area contributed by atoms with Crippen molar-refractivity contribution in [2.75, 3.05) is 13.2 Å². The zero-order chi connectivity index (χ0) is 15.1. The van der Waals surface area contributed by atoms with Crippen LogP contribution in [0.3, 0.4) is 0 Å². The molecule has 2 rings (SSSR count). The zero-order valence-electron chi connectivity index (χ0n) is 13.1. The molecule has 0 aromatic carbocycles. The minimum Gasteiger partial charge on any atom is -0.491 e. The smallest absolute Gasteiger partial charge is 0.142 e. The Hall–Kier alpha value is -1.39. The van der Waals surface area contributed by atoms with Crippen LogP contribution in [0.15, 0.2) is 29.6 Å². The Kier molecular flexibility index (Phi) is 6.21. The Morgan fingerprint density at radius 2 is 2.14 bits per heavy atom. The highest BCUT2D eigenvalue weighted by Crippen LogP contribution is 2.18. The van der Waals surface area contributed by atoms with Crippen molar-refractivity contribution in [3.8, 4) is 5.75 Å². The van der Waals surface area contributed by atoms with Crippen LogP contribution in [0.1, 0.15) is 30.1 Å². The number of hydrogen-bond donors (Lipinski definition) is 1. The highest BCUT2D eigenvalue weighted by molar-refractivity contribution is 7.09. The highest BCUT2D eigenvalue weighted by Gasteiger charge is 2.07. The predicted octanol–water partition coefficient (Wildman–Crippen LogP) is 3.82. The molecule has 4 heteroatoms. The number of hydrogen-bond acceptors (Lipinski definition) is 4. The number of nitrogens with one attached hydrogen (secondary N) is 1. The summed E-state index contributed by atoms with van der Waals surface area (Å²) in [7, 11) is 0. The lowest BCUT2D eigenvalue weighted by Crippen LogP contribution is -2.20. The molecule has 0 fully saturated rings. The van der Waals surface area contributed by atoms with Crippen molar-refractivity contribution in [1.29, 1.82) is 0 Å². The molecule has 0 unspecified atom stereocenters. The normalized spacial score (nSPS) is 11.0. The maximum absolute atomic E-state index is 5.93. The van der Waals surface area contributed by atoms with Gasteiger partial charge in [-0.3, -0.25) is 4.98 Å². The molecule has 114 valence electrons. The van der Waals surface area contributed by atoms with E-state index in [4.69, 9.17) is 4.74 Å². The van der Waals surface area contributed by atoms with Gasteiger partial charge in [0.2, 0.25) is 0 Å². The molecule has 3 nitrogen and oxygen atoms in total. The van der Waals surface area contributed by atoms with Crippen LogP contribution in [0.25, 0.3) is 0 Å². The average molecular weight is 304 g/mol. The van der Waals surface area contributed by atoms with Gasteiger partial charge in [0.05, 0.1) is 12.3 Å². The summed E-state index contributed by atoms with van der Waals surface area (Å²) in [4.78, 5) is 5.96. The van der Waals surface area contributed by atoms with Gasteiger partial charge in [-0.15, -0.1) is 11.3 Å². The summed E-state index contributed by atoms with van der Waals surface area (Å²) in [6.45, 7) is 8.87. The summed E-state index contributed by atoms with van der Waals surface area (Å²) >= 11 is 1.77. The van der Waals surface area contributed by atoms with E-state index >= 15 is 0 Å². The van der Waals surface area contributed by atoms with E-state index in [0.717, 1.165) is 36.6 Å².